The number of halogens is 1. The zero-order valence-electron chi connectivity index (χ0n) is 19.4. The van der Waals surface area contributed by atoms with Gasteiger partial charge < -0.3 is 5.32 Å². The number of nitrogens with zero attached hydrogens (tertiary/aromatic N) is 4. The van der Waals surface area contributed by atoms with Gasteiger partial charge in [-0.05, 0) is 11.1 Å². The zero-order valence-corrected chi connectivity index (χ0v) is 30.8. The Hall–Kier alpha value is -0.0600. The summed E-state index contributed by atoms with van der Waals surface area (Å²) in [5.74, 6) is 0.774. The number of nitrogens with one attached hydrogen (secondary N) is 1. The molecule has 0 radical (unpaired) electrons. The number of aromatic nitrogens is 4. The van der Waals surface area contributed by atoms with Crippen LogP contribution in [-0.2, 0) is 133 Å². The number of benzene rings is 2. The van der Waals surface area contributed by atoms with Crippen LogP contribution in [0.4, 0.5) is 5.82 Å². The molecule has 4 aromatic rings. The van der Waals surface area contributed by atoms with E-state index >= 15 is 0 Å². The minimum atomic E-state index is -0.171. The first-order valence-electron chi connectivity index (χ1n) is 10.4. The van der Waals surface area contributed by atoms with Crippen molar-refractivity contribution < 1.29 is 0 Å². The van der Waals surface area contributed by atoms with Crippen LogP contribution in [0.15, 0.2) is 73.2 Å². The fraction of sp³-hybridized carbons (Fsp3) is 0.150. The number of anilines is 1. The molecule has 0 amide bonds. The molecule has 1 N–H and O–H groups in total. The predicted octanol–water partition coefficient (Wildman–Crippen LogP) is 4.39. The van der Waals surface area contributed by atoms with E-state index in [1.165, 1.54) is 23.3 Å². The SMILES string of the molecule is ClC(Cn1ncc2c(NCc3ccccc3)ncnc21)c1ccccc1.S=S=S=S=S=S=S=S=S=S=S=S=S. The quantitative estimate of drug-likeness (QED) is 0.294. The molecule has 0 saturated heterocycles. The van der Waals surface area contributed by atoms with E-state index in [4.69, 9.17) is 34.0 Å². The molecule has 208 valence electrons. The molecule has 0 saturated carbocycles. The second-order valence-corrected chi connectivity index (χ2v) is 26.7. The van der Waals surface area contributed by atoms with E-state index in [0.717, 1.165) is 22.4 Å². The first-order valence-corrected chi connectivity index (χ1v) is 26.9. The Morgan fingerprint density at radius 3 is 1.92 bits per heavy atom. The van der Waals surface area contributed by atoms with E-state index in [0.29, 0.717) is 13.1 Å². The van der Waals surface area contributed by atoms with Crippen molar-refractivity contribution in [2.45, 2.75) is 18.5 Å². The van der Waals surface area contributed by atoms with Crippen molar-refractivity contribution >= 4 is 149 Å². The second kappa shape index (κ2) is 20.8. The molecular formula is C20H18ClN5S13. The Kier molecular flexibility index (Phi) is 17.8. The van der Waals surface area contributed by atoms with Crippen LogP contribution in [0.2, 0.25) is 0 Å². The van der Waals surface area contributed by atoms with Crippen LogP contribution < -0.4 is 5.32 Å². The van der Waals surface area contributed by atoms with Crippen molar-refractivity contribution in [3.63, 3.8) is 0 Å². The van der Waals surface area contributed by atoms with Crippen LogP contribution in [0, 0.1) is 0 Å². The molecule has 19 heteroatoms. The van der Waals surface area contributed by atoms with Crippen LogP contribution in [0.25, 0.3) is 11.0 Å². The van der Waals surface area contributed by atoms with Crippen LogP contribution in [-0.4, -0.2) is 19.7 Å². The maximum absolute atomic E-state index is 6.56. The second-order valence-electron chi connectivity index (χ2n) is 6.75. The number of rotatable bonds is 6. The number of hydrogen-bond acceptors (Lipinski definition) is 6. The van der Waals surface area contributed by atoms with E-state index in [9.17, 15) is 0 Å². The van der Waals surface area contributed by atoms with Gasteiger partial charge in [-0.3, -0.25) is 0 Å². The molecule has 39 heavy (non-hydrogen) atoms. The van der Waals surface area contributed by atoms with E-state index in [2.05, 4.69) is 32.5 Å². The van der Waals surface area contributed by atoms with Gasteiger partial charge in [0.2, 0.25) is 0 Å². The Balaban J connectivity index is 0.000000276. The molecule has 2 heterocycles. The smallest absolute Gasteiger partial charge is 0.163 e. The van der Waals surface area contributed by atoms with E-state index in [1.54, 1.807) is 92.4 Å². The summed E-state index contributed by atoms with van der Waals surface area (Å²) < 4.78 is 1.83. The lowest BCUT2D eigenvalue weighted by Gasteiger charge is -2.11. The lowest BCUT2D eigenvalue weighted by atomic mass is 10.1. The van der Waals surface area contributed by atoms with Crippen molar-refractivity contribution in [2.75, 3.05) is 5.32 Å². The average Bonchev–Trinajstić information content (AvgIpc) is 3.40. The molecule has 0 aliphatic heterocycles. The highest BCUT2D eigenvalue weighted by atomic mass is 35.5. The third-order valence-electron chi connectivity index (χ3n) is 4.51. The van der Waals surface area contributed by atoms with Gasteiger partial charge in [-0.25, -0.2) is 14.6 Å². The van der Waals surface area contributed by atoms with Crippen molar-refractivity contribution in [1.82, 2.24) is 19.7 Å². The minimum absolute atomic E-state index is 0.171. The summed E-state index contributed by atoms with van der Waals surface area (Å²) in [6.07, 6.45) is 3.34. The molecule has 5 nitrogen and oxygen atoms in total. The van der Waals surface area contributed by atoms with Gasteiger partial charge >= 0.3 is 0 Å². The average molecular weight is 781 g/mol. The van der Waals surface area contributed by atoms with E-state index < -0.39 is 0 Å². The molecule has 4 rings (SSSR count). The first-order chi connectivity index (χ1) is 19.2. The van der Waals surface area contributed by atoms with Crippen LogP contribution >= 0.6 is 11.6 Å². The van der Waals surface area contributed by atoms with E-state index in [-0.39, 0.29) is 5.38 Å². The molecule has 0 aliphatic carbocycles. The maximum Gasteiger partial charge on any atom is 0.163 e. The highest BCUT2D eigenvalue weighted by Gasteiger charge is 2.14. The van der Waals surface area contributed by atoms with Gasteiger partial charge in [0, 0.05) is 127 Å². The Morgan fingerprint density at radius 2 is 1.33 bits per heavy atom. The minimum Gasteiger partial charge on any atom is -0.365 e. The third-order valence-corrected chi connectivity index (χ3v) is 27.1. The van der Waals surface area contributed by atoms with Gasteiger partial charge in [0.25, 0.3) is 0 Å². The summed E-state index contributed by atoms with van der Waals surface area (Å²) in [5, 5.41) is 8.55. The lowest BCUT2D eigenvalue weighted by molar-refractivity contribution is 0.615. The summed E-state index contributed by atoms with van der Waals surface area (Å²) in [6, 6.07) is 20.2. The topological polar surface area (TPSA) is 55.6 Å². The first kappa shape index (κ1) is 33.4. The number of hydrogen-bond donors (Lipinski definition) is 1. The summed E-state index contributed by atoms with van der Waals surface area (Å²) in [4.78, 5) is 8.76. The predicted molar refractivity (Wildman–Crippen MR) is 200 cm³/mol. The van der Waals surface area contributed by atoms with Crippen molar-refractivity contribution in [1.29, 1.82) is 0 Å². The van der Waals surface area contributed by atoms with Crippen molar-refractivity contribution in [3.05, 3.63) is 84.3 Å². The summed E-state index contributed by atoms with van der Waals surface area (Å²) in [7, 11) is 18.1. The van der Waals surface area contributed by atoms with Crippen molar-refractivity contribution in [2.24, 2.45) is 0 Å². The molecule has 1 unspecified atom stereocenters. The molecule has 0 aliphatic rings. The molecule has 0 bridgehead atoms. The van der Waals surface area contributed by atoms with Gasteiger partial charge in [0.05, 0.1) is 23.5 Å². The largest absolute Gasteiger partial charge is 0.365 e. The van der Waals surface area contributed by atoms with Gasteiger partial charge in [-0.15, -0.1) is 11.6 Å². The lowest BCUT2D eigenvalue weighted by Crippen LogP contribution is -2.07. The third kappa shape index (κ3) is 12.8. The molecule has 0 fully saturated rings. The molecule has 1 atom stereocenters. The fourth-order valence-corrected chi connectivity index (χ4v) is 27.9. The monoisotopic (exact) mass is 779 g/mol. The van der Waals surface area contributed by atoms with Gasteiger partial charge in [0.15, 0.2) is 5.65 Å². The van der Waals surface area contributed by atoms with Gasteiger partial charge in [0.1, 0.15) is 12.1 Å². The van der Waals surface area contributed by atoms with E-state index in [1.807, 2.05) is 53.2 Å². The Morgan fingerprint density at radius 1 is 0.769 bits per heavy atom. The molecular weight excluding hydrogens is 763 g/mol. The molecule has 2 aromatic heterocycles. The van der Waals surface area contributed by atoms with Crippen molar-refractivity contribution in [3.8, 4) is 0 Å². The van der Waals surface area contributed by atoms with Crippen LogP contribution in [0.5, 0.6) is 0 Å². The number of fused-ring (bicyclic) bond motifs is 1. The molecule has 0 spiro atoms. The Bertz CT molecular complexity index is 1800. The normalized spacial score (nSPS) is 10.5. The summed E-state index contributed by atoms with van der Waals surface area (Å²) in [6.45, 7) is 1.24. The van der Waals surface area contributed by atoms with Crippen LogP contribution in [0.3, 0.4) is 0 Å². The number of alkyl halides is 1. The highest BCUT2D eigenvalue weighted by molar-refractivity contribution is 8.75. The fourth-order valence-electron chi connectivity index (χ4n) is 2.97. The summed E-state index contributed by atoms with van der Waals surface area (Å²) >= 11 is 16.0. The highest BCUT2D eigenvalue weighted by Crippen LogP contribution is 2.25. The van der Waals surface area contributed by atoms with Gasteiger partial charge in [-0.2, -0.15) is 5.10 Å². The zero-order chi connectivity index (χ0) is 27.5. The maximum atomic E-state index is 6.56. The standard InChI is InChI=1S/C20H18ClN5.S13/c21-18(16-9-5-2-6-10-16)13-26-20-17(12-25-26)19(23-14-24-20)22-11-15-7-3-1-4-8-15;1-3-5-7-9-11-13-12-10-8-6-4-2/h1-10,12,14,18H,11,13H2,(H,22,23,24);. The summed E-state index contributed by atoms with van der Waals surface area (Å²) in [5.41, 5.74) is 3.03. The Labute approximate surface area is 272 Å². The van der Waals surface area contributed by atoms with Crippen LogP contribution in [0.1, 0.15) is 16.5 Å². The van der Waals surface area contributed by atoms with Gasteiger partial charge in [-0.1, -0.05) is 60.7 Å². The molecule has 2 aromatic carbocycles.